The molecule has 21 heavy (non-hydrogen) atoms. The number of phenolic OH excluding ortho intramolecular Hbond substituents is 1. The van der Waals surface area contributed by atoms with Crippen LogP contribution in [0.15, 0.2) is 36.5 Å². The number of piperidine rings is 1. The van der Waals surface area contributed by atoms with Crippen LogP contribution in [0.25, 0.3) is 0 Å². The van der Waals surface area contributed by atoms with E-state index in [1.54, 1.807) is 24.4 Å². The molecule has 0 spiro atoms. The molecule has 2 aromatic rings. The van der Waals surface area contributed by atoms with Crippen LogP contribution in [0.2, 0.25) is 5.02 Å². The third-order valence-corrected chi connectivity index (χ3v) is 4.24. The molecule has 2 N–H and O–H groups in total. The maximum absolute atomic E-state index is 12.3. The number of H-pyrrole nitrogens is 1. The number of rotatable bonds is 2. The summed E-state index contributed by atoms with van der Waals surface area (Å²) in [6.07, 6.45) is 3.49. The van der Waals surface area contributed by atoms with Gasteiger partial charge in [-0.3, -0.25) is 4.79 Å². The molecule has 110 valence electrons. The largest absolute Gasteiger partial charge is 0.508 e. The van der Waals surface area contributed by atoms with Gasteiger partial charge in [-0.25, -0.2) is 0 Å². The van der Waals surface area contributed by atoms with Crippen LogP contribution in [0, 0.1) is 0 Å². The Labute approximate surface area is 128 Å². The number of amides is 1. The lowest BCUT2D eigenvalue weighted by molar-refractivity contribution is 0.0708. The van der Waals surface area contributed by atoms with Crippen LogP contribution in [0.4, 0.5) is 0 Å². The van der Waals surface area contributed by atoms with Crippen LogP contribution >= 0.6 is 11.6 Å². The van der Waals surface area contributed by atoms with E-state index in [-0.39, 0.29) is 11.7 Å². The number of nitrogens with one attached hydrogen (secondary N) is 1. The van der Waals surface area contributed by atoms with Gasteiger partial charge < -0.3 is 15.0 Å². The second-order valence-corrected chi connectivity index (χ2v) is 5.83. The van der Waals surface area contributed by atoms with Crippen molar-refractivity contribution < 1.29 is 9.90 Å². The van der Waals surface area contributed by atoms with Crippen molar-refractivity contribution in [3.05, 3.63) is 52.8 Å². The second kappa shape index (κ2) is 5.82. The van der Waals surface area contributed by atoms with Crippen molar-refractivity contribution in [3.63, 3.8) is 0 Å². The Bertz CT molecular complexity index is 628. The van der Waals surface area contributed by atoms with E-state index in [0.717, 1.165) is 25.9 Å². The molecule has 1 amide bonds. The number of halogens is 1. The molecule has 1 aliphatic heterocycles. The molecule has 1 aromatic carbocycles. The number of phenols is 1. The fourth-order valence-electron chi connectivity index (χ4n) is 2.82. The SMILES string of the molecule is O=C(c1cc(Cl)c[nH]1)N1CCC(c2ccc(O)cc2)CC1. The van der Waals surface area contributed by atoms with E-state index in [2.05, 4.69) is 4.98 Å². The first-order chi connectivity index (χ1) is 10.1. The van der Waals surface area contributed by atoms with Crippen molar-refractivity contribution in [3.8, 4) is 5.75 Å². The maximum Gasteiger partial charge on any atom is 0.270 e. The van der Waals surface area contributed by atoms with E-state index in [1.807, 2.05) is 17.0 Å². The zero-order valence-electron chi connectivity index (χ0n) is 11.6. The number of hydrogen-bond donors (Lipinski definition) is 2. The lowest BCUT2D eigenvalue weighted by atomic mass is 9.89. The van der Waals surface area contributed by atoms with Crippen LogP contribution in [-0.2, 0) is 0 Å². The highest BCUT2D eigenvalue weighted by Crippen LogP contribution is 2.29. The molecular formula is C16H17ClN2O2. The van der Waals surface area contributed by atoms with Gasteiger partial charge in [0.05, 0.1) is 5.02 Å². The Morgan fingerprint density at radius 1 is 1.24 bits per heavy atom. The Morgan fingerprint density at radius 2 is 1.90 bits per heavy atom. The Kier molecular flexibility index (Phi) is 3.88. The predicted octanol–water partition coefficient (Wildman–Crippen LogP) is 3.39. The number of carbonyl (C=O) groups is 1. The number of aromatic hydroxyl groups is 1. The van der Waals surface area contributed by atoms with Gasteiger partial charge in [-0.2, -0.15) is 0 Å². The van der Waals surface area contributed by atoms with E-state index in [0.29, 0.717) is 16.6 Å². The summed E-state index contributed by atoms with van der Waals surface area (Å²) in [5.74, 6) is 0.739. The second-order valence-electron chi connectivity index (χ2n) is 5.39. The molecule has 1 fully saturated rings. The van der Waals surface area contributed by atoms with Crippen LogP contribution in [0.5, 0.6) is 5.75 Å². The molecule has 2 heterocycles. The molecular weight excluding hydrogens is 288 g/mol. The highest BCUT2D eigenvalue weighted by Gasteiger charge is 2.25. The lowest BCUT2D eigenvalue weighted by Crippen LogP contribution is -2.38. The number of benzene rings is 1. The summed E-state index contributed by atoms with van der Waals surface area (Å²) in [5.41, 5.74) is 1.77. The van der Waals surface area contributed by atoms with E-state index in [4.69, 9.17) is 11.6 Å². The van der Waals surface area contributed by atoms with Crippen LogP contribution in [0.1, 0.15) is 34.8 Å². The topological polar surface area (TPSA) is 56.3 Å². The molecule has 0 saturated carbocycles. The van der Waals surface area contributed by atoms with Crippen molar-refractivity contribution >= 4 is 17.5 Å². The monoisotopic (exact) mass is 304 g/mol. The van der Waals surface area contributed by atoms with Crippen molar-refractivity contribution in [2.75, 3.05) is 13.1 Å². The number of nitrogens with zero attached hydrogens (tertiary/aromatic N) is 1. The zero-order valence-corrected chi connectivity index (χ0v) is 12.3. The summed E-state index contributed by atoms with van der Waals surface area (Å²) < 4.78 is 0. The predicted molar refractivity (Wildman–Crippen MR) is 81.8 cm³/mol. The van der Waals surface area contributed by atoms with E-state index < -0.39 is 0 Å². The number of aromatic amines is 1. The summed E-state index contributed by atoms with van der Waals surface area (Å²) in [4.78, 5) is 17.1. The molecule has 0 bridgehead atoms. The van der Waals surface area contributed by atoms with Crippen LogP contribution in [0.3, 0.4) is 0 Å². The molecule has 0 atom stereocenters. The van der Waals surface area contributed by atoms with Crippen molar-refractivity contribution in [1.82, 2.24) is 9.88 Å². The molecule has 1 aliphatic rings. The standard InChI is InChI=1S/C16H17ClN2O2/c17-13-9-15(18-10-13)16(21)19-7-5-12(6-8-19)11-1-3-14(20)4-2-11/h1-4,9-10,12,18,20H,5-8H2. The number of likely N-dealkylation sites (tertiary alicyclic amines) is 1. The van der Waals surface area contributed by atoms with Crippen LogP contribution < -0.4 is 0 Å². The van der Waals surface area contributed by atoms with Gasteiger partial charge in [-0.15, -0.1) is 0 Å². The van der Waals surface area contributed by atoms with E-state index in [1.165, 1.54) is 5.56 Å². The quantitative estimate of drug-likeness (QED) is 0.893. The first-order valence-electron chi connectivity index (χ1n) is 7.05. The van der Waals surface area contributed by atoms with Gasteiger partial charge in [0.15, 0.2) is 0 Å². The highest BCUT2D eigenvalue weighted by molar-refractivity contribution is 6.30. The van der Waals surface area contributed by atoms with E-state index in [9.17, 15) is 9.90 Å². The fourth-order valence-corrected chi connectivity index (χ4v) is 2.99. The number of hydrogen-bond acceptors (Lipinski definition) is 2. The lowest BCUT2D eigenvalue weighted by Gasteiger charge is -2.32. The van der Waals surface area contributed by atoms with Gasteiger partial charge in [0.2, 0.25) is 0 Å². The molecule has 5 heteroatoms. The van der Waals surface area contributed by atoms with Gasteiger partial charge in [-0.05, 0) is 42.5 Å². The first kappa shape index (κ1) is 14.0. The highest BCUT2D eigenvalue weighted by atomic mass is 35.5. The van der Waals surface area contributed by atoms with Crippen molar-refractivity contribution in [2.45, 2.75) is 18.8 Å². The Balaban J connectivity index is 1.62. The van der Waals surface area contributed by atoms with E-state index >= 15 is 0 Å². The summed E-state index contributed by atoms with van der Waals surface area (Å²) in [5, 5.41) is 9.88. The van der Waals surface area contributed by atoms with Crippen LogP contribution in [-0.4, -0.2) is 34.0 Å². The summed E-state index contributed by atoms with van der Waals surface area (Å²) in [7, 11) is 0. The Morgan fingerprint density at radius 3 is 2.48 bits per heavy atom. The van der Waals surface area contributed by atoms with Crippen molar-refractivity contribution in [2.24, 2.45) is 0 Å². The average Bonchev–Trinajstić information content (AvgIpc) is 2.94. The molecule has 0 aliphatic carbocycles. The number of aromatic nitrogens is 1. The van der Waals surface area contributed by atoms with Gasteiger partial charge in [-0.1, -0.05) is 23.7 Å². The summed E-state index contributed by atoms with van der Waals surface area (Å²) >= 11 is 5.84. The molecule has 3 rings (SSSR count). The normalized spacial score (nSPS) is 16.1. The smallest absolute Gasteiger partial charge is 0.270 e. The minimum Gasteiger partial charge on any atom is -0.508 e. The van der Waals surface area contributed by atoms with Gasteiger partial charge in [0, 0.05) is 19.3 Å². The third kappa shape index (κ3) is 3.05. The molecule has 1 saturated heterocycles. The summed E-state index contributed by atoms with van der Waals surface area (Å²) in [6.45, 7) is 1.47. The number of carbonyl (C=O) groups excluding carboxylic acids is 1. The minimum atomic E-state index is 0.00561. The molecule has 4 nitrogen and oxygen atoms in total. The van der Waals surface area contributed by atoms with Gasteiger partial charge in [0.1, 0.15) is 11.4 Å². The minimum absolute atomic E-state index is 0.00561. The average molecular weight is 305 g/mol. The zero-order chi connectivity index (χ0) is 14.8. The maximum atomic E-state index is 12.3. The molecule has 1 aromatic heterocycles. The van der Waals surface area contributed by atoms with Gasteiger partial charge in [0.25, 0.3) is 5.91 Å². The third-order valence-electron chi connectivity index (χ3n) is 4.02. The summed E-state index contributed by atoms with van der Waals surface area (Å²) in [6, 6.07) is 9.02. The fraction of sp³-hybridized carbons (Fsp3) is 0.312. The molecule has 0 radical (unpaired) electrons. The Hall–Kier alpha value is -1.94. The van der Waals surface area contributed by atoms with Crippen molar-refractivity contribution in [1.29, 1.82) is 0 Å². The molecule has 0 unspecified atom stereocenters. The van der Waals surface area contributed by atoms with Gasteiger partial charge >= 0.3 is 0 Å². The first-order valence-corrected chi connectivity index (χ1v) is 7.43.